The Balaban J connectivity index is 1.47. The molecule has 5 nitrogen and oxygen atoms in total. The molecule has 0 aliphatic carbocycles. The Bertz CT molecular complexity index is 1270. The standard InChI is InChI=1S/C22H16N4OS/c1-14-7-8-15(18-13-26-10-4-9-23-22(26)25-18)11-17(14)24-21(27)20-12-16-5-2-3-6-19(16)28-20/h2-13H,1H3,(H,24,27). The summed E-state index contributed by atoms with van der Waals surface area (Å²) in [5, 5.41) is 4.14. The molecular formula is C22H16N4OS. The third-order valence-electron chi connectivity index (χ3n) is 4.67. The zero-order chi connectivity index (χ0) is 19.1. The van der Waals surface area contributed by atoms with Crippen LogP contribution in [0.1, 0.15) is 15.2 Å². The molecule has 5 rings (SSSR count). The van der Waals surface area contributed by atoms with Crippen molar-refractivity contribution < 1.29 is 4.79 Å². The van der Waals surface area contributed by atoms with Crippen LogP contribution in [0.25, 0.3) is 27.1 Å². The van der Waals surface area contributed by atoms with Crippen molar-refractivity contribution in [3.63, 3.8) is 0 Å². The summed E-state index contributed by atoms with van der Waals surface area (Å²) in [6.45, 7) is 1.98. The minimum Gasteiger partial charge on any atom is -0.321 e. The highest BCUT2D eigenvalue weighted by atomic mass is 32.1. The van der Waals surface area contributed by atoms with Gasteiger partial charge in [-0.2, -0.15) is 0 Å². The first-order chi connectivity index (χ1) is 13.7. The Morgan fingerprint density at radius 1 is 1.11 bits per heavy atom. The van der Waals surface area contributed by atoms with E-state index in [0.717, 1.165) is 32.6 Å². The predicted molar refractivity (Wildman–Crippen MR) is 113 cm³/mol. The molecule has 0 unspecified atom stereocenters. The molecule has 0 bridgehead atoms. The van der Waals surface area contributed by atoms with Crippen molar-refractivity contribution in [3.8, 4) is 11.3 Å². The van der Waals surface area contributed by atoms with E-state index in [2.05, 4.69) is 15.3 Å². The molecule has 0 aliphatic rings. The number of nitrogens with one attached hydrogen (secondary N) is 1. The summed E-state index contributed by atoms with van der Waals surface area (Å²) in [6.07, 6.45) is 5.57. The van der Waals surface area contributed by atoms with E-state index in [4.69, 9.17) is 0 Å². The summed E-state index contributed by atoms with van der Waals surface area (Å²) in [4.78, 5) is 22.3. The van der Waals surface area contributed by atoms with Gasteiger partial charge in [-0.15, -0.1) is 11.3 Å². The van der Waals surface area contributed by atoms with Gasteiger partial charge in [0, 0.05) is 34.5 Å². The number of fused-ring (bicyclic) bond motifs is 2. The van der Waals surface area contributed by atoms with Crippen molar-refractivity contribution in [1.82, 2.24) is 14.4 Å². The van der Waals surface area contributed by atoms with Gasteiger partial charge in [-0.25, -0.2) is 9.97 Å². The minimum atomic E-state index is -0.0990. The maximum Gasteiger partial charge on any atom is 0.265 e. The van der Waals surface area contributed by atoms with Crippen molar-refractivity contribution >= 4 is 38.8 Å². The molecular weight excluding hydrogens is 368 g/mol. The summed E-state index contributed by atoms with van der Waals surface area (Å²) in [5.41, 5.74) is 3.53. The van der Waals surface area contributed by atoms with Crippen molar-refractivity contribution in [2.45, 2.75) is 6.92 Å². The summed E-state index contributed by atoms with van der Waals surface area (Å²) >= 11 is 1.50. The van der Waals surface area contributed by atoms with Crippen LogP contribution in [-0.2, 0) is 0 Å². The highest BCUT2D eigenvalue weighted by Crippen LogP contribution is 2.28. The fourth-order valence-corrected chi connectivity index (χ4v) is 4.12. The zero-order valence-electron chi connectivity index (χ0n) is 15.1. The third kappa shape index (κ3) is 2.93. The Hall–Kier alpha value is -3.51. The monoisotopic (exact) mass is 384 g/mol. The molecule has 136 valence electrons. The van der Waals surface area contributed by atoms with Crippen molar-refractivity contribution in [2.24, 2.45) is 0 Å². The Morgan fingerprint density at radius 3 is 2.86 bits per heavy atom. The van der Waals surface area contributed by atoms with Gasteiger partial charge in [-0.05, 0) is 42.1 Å². The topological polar surface area (TPSA) is 59.3 Å². The number of anilines is 1. The fourth-order valence-electron chi connectivity index (χ4n) is 3.16. The molecule has 1 amide bonds. The van der Waals surface area contributed by atoms with Gasteiger partial charge in [0.05, 0.1) is 10.6 Å². The predicted octanol–water partition coefficient (Wildman–Crippen LogP) is 5.17. The van der Waals surface area contributed by atoms with Crippen LogP contribution in [0, 0.1) is 6.92 Å². The van der Waals surface area contributed by atoms with E-state index in [-0.39, 0.29) is 5.91 Å². The van der Waals surface area contributed by atoms with Crippen LogP contribution in [0.15, 0.2) is 73.2 Å². The average Bonchev–Trinajstić information content (AvgIpc) is 3.33. The van der Waals surface area contributed by atoms with E-state index in [9.17, 15) is 4.79 Å². The quantitative estimate of drug-likeness (QED) is 0.467. The Kier molecular flexibility index (Phi) is 3.91. The smallest absolute Gasteiger partial charge is 0.265 e. The van der Waals surface area contributed by atoms with Gasteiger partial charge in [-0.1, -0.05) is 30.3 Å². The lowest BCUT2D eigenvalue weighted by Crippen LogP contribution is -2.11. The number of benzene rings is 2. The van der Waals surface area contributed by atoms with E-state index in [1.807, 2.05) is 78.3 Å². The first-order valence-electron chi connectivity index (χ1n) is 8.88. The number of thiophene rings is 1. The van der Waals surface area contributed by atoms with Crippen LogP contribution in [0.2, 0.25) is 0 Å². The Morgan fingerprint density at radius 2 is 2.00 bits per heavy atom. The van der Waals surface area contributed by atoms with Gasteiger partial charge in [-0.3, -0.25) is 9.20 Å². The number of nitrogens with zero attached hydrogens (tertiary/aromatic N) is 3. The number of aryl methyl sites for hydroxylation is 1. The summed E-state index contributed by atoms with van der Waals surface area (Å²) in [7, 11) is 0. The number of carbonyl (C=O) groups excluding carboxylic acids is 1. The normalized spacial score (nSPS) is 11.2. The van der Waals surface area contributed by atoms with Crippen LogP contribution in [-0.4, -0.2) is 20.3 Å². The molecule has 1 N–H and O–H groups in total. The van der Waals surface area contributed by atoms with Crippen molar-refractivity contribution in [3.05, 3.63) is 83.6 Å². The van der Waals surface area contributed by atoms with Gasteiger partial charge < -0.3 is 5.32 Å². The molecule has 3 aromatic heterocycles. The van der Waals surface area contributed by atoms with E-state index in [0.29, 0.717) is 10.7 Å². The molecule has 5 aromatic rings. The maximum atomic E-state index is 12.8. The van der Waals surface area contributed by atoms with E-state index in [1.165, 1.54) is 11.3 Å². The van der Waals surface area contributed by atoms with Crippen molar-refractivity contribution in [1.29, 1.82) is 0 Å². The number of carbonyl (C=O) groups is 1. The zero-order valence-corrected chi connectivity index (χ0v) is 15.9. The summed E-state index contributed by atoms with van der Waals surface area (Å²) in [6, 6.07) is 17.8. The molecule has 0 radical (unpaired) electrons. The molecule has 28 heavy (non-hydrogen) atoms. The van der Waals surface area contributed by atoms with Crippen LogP contribution in [0.4, 0.5) is 5.69 Å². The number of hydrogen-bond acceptors (Lipinski definition) is 4. The molecule has 0 fully saturated rings. The lowest BCUT2D eigenvalue weighted by atomic mass is 10.1. The van der Waals surface area contributed by atoms with Gasteiger partial charge in [0.15, 0.2) is 0 Å². The molecule has 0 saturated carbocycles. The molecule has 0 atom stereocenters. The second-order valence-corrected chi connectivity index (χ2v) is 7.67. The van der Waals surface area contributed by atoms with Crippen LogP contribution in [0.5, 0.6) is 0 Å². The SMILES string of the molecule is Cc1ccc(-c2cn3cccnc3n2)cc1NC(=O)c1cc2ccccc2s1. The second-order valence-electron chi connectivity index (χ2n) is 6.59. The summed E-state index contributed by atoms with van der Waals surface area (Å²) < 4.78 is 2.99. The fraction of sp³-hybridized carbons (Fsp3) is 0.0455. The largest absolute Gasteiger partial charge is 0.321 e. The highest BCUT2D eigenvalue weighted by molar-refractivity contribution is 7.20. The van der Waals surface area contributed by atoms with Crippen LogP contribution in [0.3, 0.4) is 0 Å². The molecule has 2 aromatic carbocycles. The second kappa shape index (κ2) is 6.58. The number of imidazole rings is 1. The third-order valence-corrected chi connectivity index (χ3v) is 5.78. The Labute approximate surface area is 165 Å². The van der Waals surface area contributed by atoms with E-state index < -0.39 is 0 Å². The van der Waals surface area contributed by atoms with Crippen LogP contribution < -0.4 is 5.32 Å². The summed E-state index contributed by atoms with van der Waals surface area (Å²) in [5.74, 6) is 0.548. The van der Waals surface area contributed by atoms with Crippen LogP contribution >= 0.6 is 11.3 Å². The van der Waals surface area contributed by atoms with Gasteiger partial charge in [0.1, 0.15) is 0 Å². The number of hydrogen-bond donors (Lipinski definition) is 1. The molecule has 0 saturated heterocycles. The molecule has 0 aliphatic heterocycles. The lowest BCUT2D eigenvalue weighted by molar-refractivity contribution is 0.103. The molecule has 3 heterocycles. The number of amides is 1. The first-order valence-corrected chi connectivity index (χ1v) is 9.70. The maximum absolute atomic E-state index is 12.8. The van der Waals surface area contributed by atoms with Crippen molar-refractivity contribution in [2.75, 3.05) is 5.32 Å². The number of aromatic nitrogens is 3. The lowest BCUT2D eigenvalue weighted by Gasteiger charge is -2.09. The number of rotatable bonds is 3. The molecule has 0 spiro atoms. The van der Waals surface area contributed by atoms with Gasteiger partial charge in [0.2, 0.25) is 5.78 Å². The van der Waals surface area contributed by atoms with Gasteiger partial charge in [0.25, 0.3) is 5.91 Å². The average molecular weight is 384 g/mol. The highest BCUT2D eigenvalue weighted by Gasteiger charge is 2.13. The van der Waals surface area contributed by atoms with E-state index >= 15 is 0 Å². The molecule has 6 heteroatoms. The minimum absolute atomic E-state index is 0.0990. The van der Waals surface area contributed by atoms with E-state index in [1.54, 1.807) is 6.20 Å². The van der Waals surface area contributed by atoms with Gasteiger partial charge >= 0.3 is 0 Å². The first kappa shape index (κ1) is 16.6.